The first kappa shape index (κ1) is 13.6. The predicted octanol–water partition coefficient (Wildman–Crippen LogP) is 2.45. The number of anilines is 1. The molecule has 0 aliphatic rings. The van der Waals surface area contributed by atoms with Crippen LogP contribution in [-0.4, -0.2) is 21.1 Å². The second kappa shape index (κ2) is 5.87. The number of aryl methyl sites for hydroxylation is 2. The molecule has 0 atom stereocenters. The summed E-state index contributed by atoms with van der Waals surface area (Å²) >= 11 is 0. The molecule has 0 radical (unpaired) electrons. The third kappa shape index (κ3) is 3.58. The minimum atomic E-state index is -0.442. The Kier molecular flexibility index (Phi) is 3.99. The fraction of sp³-hybridized carbons (Fsp3) is 0.154. The van der Waals surface area contributed by atoms with Gasteiger partial charge in [-0.2, -0.15) is 5.10 Å². The van der Waals surface area contributed by atoms with E-state index in [4.69, 9.17) is 0 Å². The highest BCUT2D eigenvalue weighted by Crippen LogP contribution is 2.10. The molecule has 0 fully saturated rings. The van der Waals surface area contributed by atoms with Crippen molar-refractivity contribution in [3.05, 3.63) is 57.4 Å². The van der Waals surface area contributed by atoms with Crippen LogP contribution in [0.3, 0.4) is 0 Å². The van der Waals surface area contributed by atoms with Crippen molar-refractivity contribution in [2.75, 3.05) is 5.43 Å². The molecule has 0 saturated carbocycles. The van der Waals surface area contributed by atoms with Gasteiger partial charge in [-0.25, -0.2) is 15.4 Å². The van der Waals surface area contributed by atoms with Gasteiger partial charge in [0.05, 0.1) is 11.1 Å². The van der Waals surface area contributed by atoms with Gasteiger partial charge >= 0.3 is 0 Å². The van der Waals surface area contributed by atoms with Crippen LogP contribution in [0.5, 0.6) is 0 Å². The van der Waals surface area contributed by atoms with E-state index in [0.717, 1.165) is 17.0 Å². The van der Waals surface area contributed by atoms with Crippen LogP contribution in [0.4, 0.5) is 11.6 Å². The lowest BCUT2D eigenvalue weighted by molar-refractivity contribution is -0.384. The van der Waals surface area contributed by atoms with Gasteiger partial charge in [0.15, 0.2) is 0 Å². The number of benzene rings is 1. The lowest BCUT2D eigenvalue weighted by Crippen LogP contribution is -1.99. The zero-order valence-corrected chi connectivity index (χ0v) is 11.1. The summed E-state index contributed by atoms with van der Waals surface area (Å²) in [7, 11) is 0. The topological polar surface area (TPSA) is 93.3 Å². The number of aromatic nitrogens is 2. The monoisotopic (exact) mass is 271 g/mol. The molecule has 20 heavy (non-hydrogen) atoms. The van der Waals surface area contributed by atoms with Crippen LogP contribution in [0.15, 0.2) is 35.4 Å². The van der Waals surface area contributed by atoms with Gasteiger partial charge in [-0.15, -0.1) is 0 Å². The molecule has 0 bridgehead atoms. The number of hydrazone groups is 1. The molecule has 0 amide bonds. The van der Waals surface area contributed by atoms with Crippen molar-refractivity contribution < 1.29 is 4.92 Å². The molecule has 2 aromatic rings. The second-order valence-corrected chi connectivity index (χ2v) is 4.19. The first-order valence-corrected chi connectivity index (χ1v) is 5.90. The van der Waals surface area contributed by atoms with E-state index in [9.17, 15) is 10.1 Å². The fourth-order valence-corrected chi connectivity index (χ4v) is 1.62. The zero-order valence-electron chi connectivity index (χ0n) is 11.1. The van der Waals surface area contributed by atoms with Gasteiger partial charge in [0.25, 0.3) is 5.69 Å². The van der Waals surface area contributed by atoms with Crippen molar-refractivity contribution in [3.63, 3.8) is 0 Å². The summed E-state index contributed by atoms with van der Waals surface area (Å²) in [6.07, 6.45) is 1.55. The maximum atomic E-state index is 10.5. The average Bonchev–Trinajstić information content (AvgIpc) is 2.38. The third-order valence-electron chi connectivity index (χ3n) is 2.46. The molecule has 1 heterocycles. The predicted molar refractivity (Wildman–Crippen MR) is 75.8 cm³/mol. The molecule has 7 heteroatoms. The van der Waals surface area contributed by atoms with Crippen LogP contribution in [0, 0.1) is 24.0 Å². The number of nitrogens with one attached hydrogen (secondary N) is 1. The number of non-ortho nitro benzene ring substituents is 1. The summed E-state index contributed by atoms with van der Waals surface area (Å²) in [5.41, 5.74) is 5.22. The van der Waals surface area contributed by atoms with Gasteiger partial charge in [-0.3, -0.25) is 10.1 Å². The zero-order chi connectivity index (χ0) is 14.5. The lowest BCUT2D eigenvalue weighted by atomic mass is 10.2. The molecule has 1 aromatic heterocycles. The van der Waals surface area contributed by atoms with Gasteiger partial charge in [0.1, 0.15) is 0 Å². The number of hydrogen-bond donors (Lipinski definition) is 1. The first-order chi connectivity index (χ1) is 9.54. The average molecular weight is 271 g/mol. The Labute approximate surface area is 115 Å². The maximum Gasteiger partial charge on any atom is 0.269 e. The highest BCUT2D eigenvalue weighted by Gasteiger charge is 2.02. The van der Waals surface area contributed by atoms with Gasteiger partial charge in [0.2, 0.25) is 5.95 Å². The number of rotatable bonds is 4. The molecule has 0 aliphatic carbocycles. The van der Waals surface area contributed by atoms with Crippen LogP contribution < -0.4 is 5.43 Å². The summed E-state index contributed by atoms with van der Waals surface area (Å²) in [6, 6.07) is 7.95. The van der Waals surface area contributed by atoms with Crippen molar-refractivity contribution in [3.8, 4) is 0 Å². The summed E-state index contributed by atoms with van der Waals surface area (Å²) in [6.45, 7) is 3.75. The first-order valence-electron chi connectivity index (χ1n) is 5.90. The fourth-order valence-electron chi connectivity index (χ4n) is 1.62. The molecule has 1 N–H and O–H groups in total. The summed E-state index contributed by atoms with van der Waals surface area (Å²) < 4.78 is 0. The van der Waals surface area contributed by atoms with E-state index >= 15 is 0 Å². The summed E-state index contributed by atoms with van der Waals surface area (Å²) in [4.78, 5) is 18.4. The lowest BCUT2D eigenvalue weighted by Gasteiger charge is -2.01. The van der Waals surface area contributed by atoms with Crippen molar-refractivity contribution in [2.45, 2.75) is 13.8 Å². The number of nitro benzene ring substituents is 1. The Balaban J connectivity index is 2.04. The standard InChI is InChI=1S/C13H13N5O2/c1-9-7-10(2)16-13(15-9)17-14-8-11-3-5-12(6-4-11)18(19)20/h3-8H,1-2H3,(H,15,16,17). The molecule has 0 unspecified atom stereocenters. The van der Waals surface area contributed by atoms with E-state index in [1.54, 1.807) is 18.3 Å². The van der Waals surface area contributed by atoms with Crippen LogP contribution in [0.25, 0.3) is 0 Å². The molecule has 0 saturated heterocycles. The van der Waals surface area contributed by atoms with E-state index in [2.05, 4.69) is 20.5 Å². The second-order valence-electron chi connectivity index (χ2n) is 4.19. The molecular formula is C13H13N5O2. The van der Waals surface area contributed by atoms with Crippen LogP contribution in [-0.2, 0) is 0 Å². The van der Waals surface area contributed by atoms with Crippen LogP contribution in [0.2, 0.25) is 0 Å². The maximum absolute atomic E-state index is 10.5. The van der Waals surface area contributed by atoms with Gasteiger partial charge in [-0.1, -0.05) is 0 Å². The summed E-state index contributed by atoms with van der Waals surface area (Å²) in [5.74, 6) is 0.417. The molecule has 7 nitrogen and oxygen atoms in total. The third-order valence-corrected chi connectivity index (χ3v) is 2.46. The molecule has 0 aliphatic heterocycles. The van der Waals surface area contributed by atoms with Crippen molar-refractivity contribution >= 4 is 17.9 Å². The van der Waals surface area contributed by atoms with Crippen LogP contribution in [0.1, 0.15) is 17.0 Å². The largest absolute Gasteiger partial charge is 0.269 e. The Hall–Kier alpha value is -2.83. The molecule has 2 rings (SSSR count). The Morgan fingerprint density at radius 1 is 1.20 bits per heavy atom. The molecule has 1 aromatic carbocycles. The van der Waals surface area contributed by atoms with Crippen molar-refractivity contribution in [1.29, 1.82) is 0 Å². The number of nitrogens with zero attached hydrogens (tertiary/aromatic N) is 4. The van der Waals surface area contributed by atoms with E-state index in [1.807, 2.05) is 19.9 Å². The van der Waals surface area contributed by atoms with E-state index in [1.165, 1.54) is 12.1 Å². The molecule has 102 valence electrons. The van der Waals surface area contributed by atoms with E-state index in [-0.39, 0.29) is 5.69 Å². The molecule has 0 spiro atoms. The van der Waals surface area contributed by atoms with Gasteiger partial charge in [0, 0.05) is 23.5 Å². The van der Waals surface area contributed by atoms with E-state index < -0.39 is 4.92 Å². The van der Waals surface area contributed by atoms with Gasteiger partial charge in [-0.05, 0) is 37.6 Å². The smallest absolute Gasteiger partial charge is 0.258 e. The van der Waals surface area contributed by atoms with Crippen molar-refractivity contribution in [2.24, 2.45) is 5.10 Å². The van der Waals surface area contributed by atoms with E-state index in [0.29, 0.717) is 5.95 Å². The van der Waals surface area contributed by atoms with Gasteiger partial charge < -0.3 is 0 Å². The minimum Gasteiger partial charge on any atom is -0.258 e. The Morgan fingerprint density at radius 2 is 1.80 bits per heavy atom. The Bertz CT molecular complexity index is 632. The quantitative estimate of drug-likeness (QED) is 0.523. The Morgan fingerprint density at radius 3 is 2.35 bits per heavy atom. The van der Waals surface area contributed by atoms with Crippen molar-refractivity contribution in [1.82, 2.24) is 9.97 Å². The highest BCUT2D eigenvalue weighted by atomic mass is 16.6. The minimum absolute atomic E-state index is 0.0488. The number of nitro groups is 1. The SMILES string of the molecule is Cc1cc(C)nc(NN=Cc2ccc([N+](=O)[O-])cc2)n1. The normalized spacial score (nSPS) is 10.7. The van der Waals surface area contributed by atoms with Crippen LogP contribution >= 0.6 is 0 Å². The number of hydrogen-bond acceptors (Lipinski definition) is 6. The summed E-state index contributed by atoms with van der Waals surface area (Å²) in [5, 5.41) is 14.5. The molecular weight excluding hydrogens is 258 g/mol. The highest BCUT2D eigenvalue weighted by molar-refractivity contribution is 5.80.